The van der Waals surface area contributed by atoms with E-state index in [-0.39, 0.29) is 0 Å². The molecule has 0 saturated carbocycles. The highest BCUT2D eigenvalue weighted by atomic mass is 16.3. The van der Waals surface area contributed by atoms with Crippen LogP contribution in [0.2, 0.25) is 0 Å². The number of hydrogen-bond acceptors (Lipinski definition) is 2. The van der Waals surface area contributed by atoms with Gasteiger partial charge in [0, 0.05) is 50.0 Å². The average Bonchev–Trinajstić information content (AvgIpc) is 3.80. The molecular weight excluding hydrogens is 697 g/mol. The molecule has 0 atom stereocenters. The normalized spacial score (nSPS) is 12.2. The first-order valence-corrected chi connectivity index (χ1v) is 19.0. The van der Waals surface area contributed by atoms with Crippen LogP contribution in [0.5, 0.6) is 0 Å². The lowest BCUT2D eigenvalue weighted by atomic mass is 9.95. The molecule has 0 spiro atoms. The number of fused-ring (bicyclic) bond motifs is 6. The zero-order chi connectivity index (χ0) is 38.3. The summed E-state index contributed by atoms with van der Waals surface area (Å²) in [5, 5.41) is 4.61. The third-order valence-corrected chi connectivity index (χ3v) is 10.6. The lowest BCUT2D eigenvalue weighted by Crippen LogP contribution is -2.16. The number of aromatic nitrogens is 1. The maximum atomic E-state index is 6.55. The Bertz CT molecular complexity index is 3190. The molecule has 10 aromatic rings. The van der Waals surface area contributed by atoms with Crippen LogP contribution in [0.25, 0.3) is 77.4 Å². The van der Waals surface area contributed by atoms with Crippen LogP contribution in [-0.4, -0.2) is 16.2 Å². The Morgan fingerprint density at radius 3 is 1.84 bits per heavy atom. The summed E-state index contributed by atoms with van der Waals surface area (Å²) in [6.45, 7) is 4.50. The van der Waals surface area contributed by atoms with E-state index in [9.17, 15) is 0 Å². The van der Waals surface area contributed by atoms with Gasteiger partial charge in [0.25, 0.3) is 0 Å². The van der Waals surface area contributed by atoms with Crippen LogP contribution in [0.15, 0.2) is 215 Å². The first kappa shape index (κ1) is 33.8. The molecule has 2 aromatic heterocycles. The molecular formula is C52H36N4O. The summed E-state index contributed by atoms with van der Waals surface area (Å²) >= 11 is 0. The summed E-state index contributed by atoms with van der Waals surface area (Å²) in [4.78, 5) is 9.90. The molecule has 5 heteroatoms. The van der Waals surface area contributed by atoms with Crippen molar-refractivity contribution in [2.45, 2.75) is 0 Å². The third-order valence-electron chi connectivity index (χ3n) is 10.6. The van der Waals surface area contributed by atoms with Gasteiger partial charge in [-0.05, 0) is 70.8 Å². The highest BCUT2D eigenvalue weighted by molar-refractivity contribution is 6.17. The summed E-state index contributed by atoms with van der Waals surface area (Å²) in [5.74, 6) is 0.869. The van der Waals surface area contributed by atoms with Crippen molar-refractivity contribution < 1.29 is 4.42 Å². The first-order chi connectivity index (χ1) is 28.1. The molecule has 57 heavy (non-hydrogen) atoms. The van der Waals surface area contributed by atoms with Gasteiger partial charge in [-0.1, -0.05) is 146 Å². The molecule has 10 rings (SSSR count). The van der Waals surface area contributed by atoms with Gasteiger partial charge in [-0.25, -0.2) is 9.98 Å². The quantitative estimate of drug-likeness (QED) is 0.131. The first-order valence-electron chi connectivity index (χ1n) is 19.0. The minimum absolute atomic E-state index is 0.382. The van der Waals surface area contributed by atoms with Crippen LogP contribution >= 0.6 is 0 Å². The SMILES string of the molecule is C=C(N=C(N=C(N)c1ccccc1)c1ccccc1)c1cc(-c2ccccc2)cc(-c2cccc(-n3c4ccccc4c4cc5c(cc43)oc3ccccc35)c2)c1. The molecule has 0 amide bonds. The monoisotopic (exact) mass is 732 g/mol. The molecule has 0 aliphatic carbocycles. The summed E-state index contributed by atoms with van der Waals surface area (Å²) in [6.07, 6.45) is 0. The predicted octanol–water partition coefficient (Wildman–Crippen LogP) is 12.8. The van der Waals surface area contributed by atoms with E-state index in [0.29, 0.717) is 17.4 Å². The third kappa shape index (κ3) is 6.27. The summed E-state index contributed by atoms with van der Waals surface area (Å²) < 4.78 is 8.72. The second-order valence-corrected chi connectivity index (χ2v) is 14.1. The van der Waals surface area contributed by atoms with Crippen LogP contribution in [0.3, 0.4) is 0 Å². The number of aliphatic imine (C=N–C) groups is 2. The van der Waals surface area contributed by atoms with E-state index in [2.05, 4.69) is 126 Å². The number of nitrogens with zero attached hydrogens (tertiary/aromatic N) is 3. The zero-order valence-electron chi connectivity index (χ0n) is 31.0. The van der Waals surface area contributed by atoms with E-state index in [1.165, 1.54) is 10.8 Å². The van der Waals surface area contributed by atoms with Gasteiger partial charge >= 0.3 is 0 Å². The van der Waals surface area contributed by atoms with Crippen molar-refractivity contribution in [1.29, 1.82) is 0 Å². The minimum atomic E-state index is 0.382. The van der Waals surface area contributed by atoms with Crippen LogP contribution in [0.1, 0.15) is 16.7 Å². The zero-order valence-corrected chi connectivity index (χ0v) is 31.0. The van der Waals surface area contributed by atoms with Crippen LogP contribution in [-0.2, 0) is 0 Å². The van der Waals surface area contributed by atoms with E-state index >= 15 is 0 Å². The fourth-order valence-corrected chi connectivity index (χ4v) is 7.77. The highest BCUT2D eigenvalue weighted by Crippen LogP contribution is 2.39. The minimum Gasteiger partial charge on any atom is -0.456 e. The Morgan fingerprint density at radius 2 is 1.07 bits per heavy atom. The summed E-state index contributed by atoms with van der Waals surface area (Å²) in [5.41, 5.74) is 19.0. The highest BCUT2D eigenvalue weighted by Gasteiger charge is 2.17. The summed E-state index contributed by atoms with van der Waals surface area (Å²) in [6, 6.07) is 66.6. The average molecular weight is 733 g/mol. The van der Waals surface area contributed by atoms with Gasteiger partial charge in [-0.2, -0.15) is 0 Å². The molecule has 8 aromatic carbocycles. The summed E-state index contributed by atoms with van der Waals surface area (Å²) in [7, 11) is 0. The number of benzene rings is 8. The van der Waals surface area contributed by atoms with Crippen molar-refractivity contribution in [3.8, 4) is 27.9 Å². The molecule has 0 radical (unpaired) electrons. The van der Waals surface area contributed by atoms with Crippen LogP contribution < -0.4 is 5.73 Å². The van der Waals surface area contributed by atoms with E-state index in [4.69, 9.17) is 20.1 Å². The van der Waals surface area contributed by atoms with E-state index < -0.39 is 0 Å². The lowest BCUT2D eigenvalue weighted by molar-refractivity contribution is 0.669. The molecule has 0 saturated heterocycles. The van der Waals surface area contributed by atoms with E-state index in [1.54, 1.807) is 0 Å². The molecule has 5 nitrogen and oxygen atoms in total. The topological polar surface area (TPSA) is 68.8 Å². The molecule has 270 valence electrons. The van der Waals surface area contributed by atoms with Crippen molar-refractivity contribution in [3.05, 3.63) is 217 Å². The van der Waals surface area contributed by atoms with Crippen molar-refractivity contribution in [2.75, 3.05) is 0 Å². The van der Waals surface area contributed by atoms with Crippen LogP contribution in [0.4, 0.5) is 0 Å². The van der Waals surface area contributed by atoms with Crippen molar-refractivity contribution >= 4 is 61.1 Å². The molecule has 2 N–H and O–H groups in total. The standard InChI is InChI=1S/C52H36N4O/c1-34(54-52(37-20-9-4-10-21-37)55-51(53)36-18-7-3-8-19-36)39-28-40(35-16-5-2-6-17-35)30-41(29-39)38-22-15-23-42(31-38)56-47-26-13-11-24-43(47)45-32-46-44-25-12-14-27-49(44)57-50(46)33-48(45)56/h2-33H,1H2,(H2,53,54,55). The predicted molar refractivity (Wildman–Crippen MR) is 238 cm³/mol. The molecule has 0 unspecified atom stereocenters. The van der Waals surface area contributed by atoms with Crippen molar-refractivity contribution in [2.24, 2.45) is 15.7 Å². The number of nitrogens with two attached hydrogens (primary N) is 1. The number of rotatable bonds is 7. The Kier molecular flexibility index (Phi) is 8.38. The Balaban J connectivity index is 1.12. The Hall–Kier alpha value is -7.76. The lowest BCUT2D eigenvalue weighted by Gasteiger charge is -2.14. The molecule has 0 aliphatic heterocycles. The van der Waals surface area contributed by atoms with Crippen molar-refractivity contribution in [1.82, 2.24) is 4.57 Å². The largest absolute Gasteiger partial charge is 0.456 e. The molecule has 0 bridgehead atoms. The van der Waals surface area contributed by atoms with Gasteiger partial charge in [0.05, 0.1) is 16.7 Å². The van der Waals surface area contributed by atoms with Gasteiger partial charge in [0.15, 0.2) is 5.84 Å². The number of para-hydroxylation sites is 2. The van der Waals surface area contributed by atoms with E-state index in [1.807, 2.05) is 78.9 Å². The maximum absolute atomic E-state index is 6.55. The van der Waals surface area contributed by atoms with Crippen LogP contribution in [0, 0.1) is 0 Å². The van der Waals surface area contributed by atoms with Gasteiger partial charge in [-0.3, -0.25) is 0 Å². The fourth-order valence-electron chi connectivity index (χ4n) is 7.77. The number of amidine groups is 2. The van der Waals surface area contributed by atoms with Gasteiger partial charge < -0.3 is 14.7 Å². The van der Waals surface area contributed by atoms with Gasteiger partial charge in [-0.15, -0.1) is 0 Å². The van der Waals surface area contributed by atoms with Gasteiger partial charge in [0.2, 0.25) is 0 Å². The second kappa shape index (κ2) is 14.1. The molecule has 2 heterocycles. The second-order valence-electron chi connectivity index (χ2n) is 14.1. The maximum Gasteiger partial charge on any atom is 0.162 e. The van der Waals surface area contributed by atoms with Gasteiger partial charge in [0.1, 0.15) is 17.0 Å². The Morgan fingerprint density at radius 1 is 0.439 bits per heavy atom. The fraction of sp³-hybridized carbons (Fsp3) is 0. The van der Waals surface area contributed by atoms with Crippen molar-refractivity contribution in [3.63, 3.8) is 0 Å². The molecule has 0 fully saturated rings. The Labute approximate surface area is 330 Å². The smallest absolute Gasteiger partial charge is 0.162 e. The molecule has 0 aliphatic rings. The number of furan rings is 1. The van der Waals surface area contributed by atoms with E-state index in [0.717, 1.165) is 77.6 Å². The number of hydrogen-bond donors (Lipinski definition) is 1.